The molecule has 1 heterocycles. The number of anilines is 1. The predicted molar refractivity (Wildman–Crippen MR) is 154 cm³/mol. The van der Waals surface area contributed by atoms with Crippen molar-refractivity contribution in [2.45, 2.75) is 32.4 Å². The van der Waals surface area contributed by atoms with Gasteiger partial charge in [-0.25, -0.2) is 9.18 Å². The zero-order valence-electron chi connectivity index (χ0n) is 22.3. The Morgan fingerprint density at radius 2 is 1.80 bits per heavy atom. The average Bonchev–Trinajstić information content (AvgIpc) is 2.98. The molecular weight excluding hydrogens is 525 g/mol. The van der Waals surface area contributed by atoms with Gasteiger partial charge in [-0.05, 0) is 72.4 Å². The van der Waals surface area contributed by atoms with Crippen LogP contribution in [0.15, 0.2) is 84.9 Å². The summed E-state index contributed by atoms with van der Waals surface area (Å²) in [5.41, 5.74) is 4.77. The molecule has 41 heavy (non-hydrogen) atoms. The second-order valence-corrected chi connectivity index (χ2v) is 10.1. The largest absolute Gasteiger partial charge is 0.478 e. The number of hydrogen-bond donors (Lipinski definition) is 2. The lowest BCUT2D eigenvalue weighted by Crippen LogP contribution is -2.30. The van der Waals surface area contributed by atoms with E-state index in [1.165, 1.54) is 24.3 Å². The summed E-state index contributed by atoms with van der Waals surface area (Å²) < 4.78 is 15.2. The molecular formula is C32H28FN3O5. The lowest BCUT2D eigenvalue weighted by molar-refractivity contribution is -0.384. The fourth-order valence-electron chi connectivity index (χ4n) is 5.20. The van der Waals surface area contributed by atoms with Crippen molar-refractivity contribution in [2.75, 3.05) is 11.4 Å². The topological polar surface area (TPSA) is 113 Å². The Labute approximate surface area is 236 Å². The van der Waals surface area contributed by atoms with E-state index in [9.17, 15) is 24.8 Å². The lowest BCUT2D eigenvalue weighted by Gasteiger charge is -2.32. The fourth-order valence-corrected chi connectivity index (χ4v) is 5.20. The molecule has 0 bridgehead atoms. The third-order valence-corrected chi connectivity index (χ3v) is 7.39. The molecule has 0 saturated carbocycles. The number of halogens is 1. The van der Waals surface area contributed by atoms with Crippen LogP contribution < -0.4 is 10.2 Å². The number of hydrogen-bond acceptors (Lipinski definition) is 5. The number of carbonyl (C=O) groups is 2. The number of nitro benzene ring substituents is 1. The number of carboxylic acids is 1. The fraction of sp³-hybridized carbons (Fsp3) is 0.188. The molecule has 1 aliphatic rings. The number of amides is 1. The van der Waals surface area contributed by atoms with Crippen LogP contribution in [0.1, 0.15) is 56.8 Å². The first kappa shape index (κ1) is 27.5. The third-order valence-electron chi connectivity index (χ3n) is 7.39. The van der Waals surface area contributed by atoms with E-state index in [2.05, 4.69) is 10.2 Å². The van der Waals surface area contributed by atoms with E-state index in [0.29, 0.717) is 28.8 Å². The van der Waals surface area contributed by atoms with Gasteiger partial charge in [0.1, 0.15) is 5.82 Å². The van der Waals surface area contributed by atoms with Crippen molar-refractivity contribution >= 4 is 23.3 Å². The Morgan fingerprint density at radius 3 is 2.51 bits per heavy atom. The number of aryl methyl sites for hydroxylation is 1. The first-order valence-corrected chi connectivity index (χ1v) is 13.3. The molecule has 1 aliphatic heterocycles. The van der Waals surface area contributed by atoms with Gasteiger partial charge < -0.3 is 15.3 Å². The number of rotatable bonds is 8. The van der Waals surface area contributed by atoms with E-state index in [1.807, 2.05) is 19.1 Å². The van der Waals surface area contributed by atoms with Crippen LogP contribution in [0, 0.1) is 15.9 Å². The van der Waals surface area contributed by atoms with Gasteiger partial charge in [-0.1, -0.05) is 42.5 Å². The van der Waals surface area contributed by atoms with Crippen molar-refractivity contribution < 1.29 is 24.0 Å². The van der Waals surface area contributed by atoms with Gasteiger partial charge in [-0.3, -0.25) is 14.9 Å². The van der Waals surface area contributed by atoms with Gasteiger partial charge >= 0.3 is 5.97 Å². The third kappa shape index (κ3) is 5.94. The molecule has 0 aliphatic carbocycles. The van der Waals surface area contributed by atoms with Gasteiger partial charge in [-0.15, -0.1) is 0 Å². The lowest BCUT2D eigenvalue weighted by atomic mass is 9.96. The maximum absolute atomic E-state index is 15.2. The number of carboxylic acid groups (broad SMARTS) is 1. The Bertz CT molecular complexity index is 1640. The molecule has 4 aromatic rings. The zero-order chi connectivity index (χ0) is 29.1. The quantitative estimate of drug-likeness (QED) is 0.189. The normalized spacial score (nSPS) is 13.3. The number of carbonyl (C=O) groups excluding carboxylic acids is 1. The van der Waals surface area contributed by atoms with Gasteiger partial charge in [-0.2, -0.15) is 0 Å². The molecule has 1 amide bonds. The summed E-state index contributed by atoms with van der Waals surface area (Å²) in [7, 11) is 0. The van der Waals surface area contributed by atoms with E-state index < -0.39 is 16.7 Å². The maximum atomic E-state index is 15.2. The van der Waals surface area contributed by atoms with Crippen LogP contribution in [0.25, 0.3) is 11.1 Å². The standard InChI is InChI=1S/C32H28FN3O5/c1-20(21-10-13-26(14-11-21)36(40)41)34-31(37)24-12-15-30-23(17-24)5-4-16-35(30)19-25-9-8-22(18-29(25)33)27-6-2-3-7-28(27)32(38)39/h2-3,6-15,17-18,20H,4-5,16,19H2,1H3,(H,34,37)(H,38,39)/t20-/m0/s1. The molecule has 0 radical (unpaired) electrons. The SMILES string of the molecule is C[C@H](NC(=O)c1ccc2c(c1)CCCN2Cc1ccc(-c2ccccc2C(=O)O)cc1F)c1ccc([N+](=O)[O-])cc1. The Balaban J connectivity index is 1.30. The Kier molecular flexibility index (Phi) is 7.78. The van der Waals surface area contributed by atoms with Crippen molar-refractivity contribution in [3.63, 3.8) is 0 Å². The Morgan fingerprint density at radius 1 is 1.05 bits per heavy atom. The number of nitro groups is 1. The van der Waals surface area contributed by atoms with Crippen molar-refractivity contribution in [1.82, 2.24) is 5.32 Å². The maximum Gasteiger partial charge on any atom is 0.336 e. The minimum absolute atomic E-state index is 0.00846. The zero-order valence-corrected chi connectivity index (χ0v) is 22.3. The second kappa shape index (κ2) is 11.6. The summed E-state index contributed by atoms with van der Waals surface area (Å²) in [6.45, 7) is 2.89. The summed E-state index contributed by atoms with van der Waals surface area (Å²) in [5, 5.41) is 23.3. The van der Waals surface area contributed by atoms with Crippen LogP contribution in [0.3, 0.4) is 0 Å². The molecule has 2 N–H and O–H groups in total. The summed E-state index contributed by atoms with van der Waals surface area (Å²) in [6.07, 6.45) is 1.64. The van der Waals surface area contributed by atoms with Crippen LogP contribution in [0.4, 0.5) is 15.8 Å². The molecule has 208 valence electrons. The summed E-state index contributed by atoms with van der Waals surface area (Å²) in [4.78, 5) is 37.1. The molecule has 0 fully saturated rings. The minimum Gasteiger partial charge on any atom is -0.478 e. The Hall–Kier alpha value is -5.05. The molecule has 0 spiro atoms. The monoisotopic (exact) mass is 553 g/mol. The molecule has 0 unspecified atom stereocenters. The highest BCUT2D eigenvalue weighted by molar-refractivity contribution is 5.96. The van der Waals surface area contributed by atoms with E-state index in [0.717, 1.165) is 36.2 Å². The minimum atomic E-state index is -1.07. The van der Waals surface area contributed by atoms with Gasteiger partial charge in [0.2, 0.25) is 0 Å². The first-order chi connectivity index (χ1) is 19.7. The number of nitrogens with one attached hydrogen (secondary N) is 1. The number of benzene rings is 4. The van der Waals surface area contributed by atoms with Crippen molar-refractivity contribution in [3.05, 3.63) is 129 Å². The molecule has 0 saturated heterocycles. The van der Waals surface area contributed by atoms with Gasteiger partial charge in [0.25, 0.3) is 11.6 Å². The molecule has 1 atom stereocenters. The number of aromatic carboxylic acids is 1. The van der Waals surface area contributed by atoms with Crippen molar-refractivity contribution in [1.29, 1.82) is 0 Å². The number of nitrogens with zero attached hydrogens (tertiary/aromatic N) is 2. The number of fused-ring (bicyclic) bond motifs is 1. The van der Waals surface area contributed by atoms with Crippen LogP contribution in [-0.4, -0.2) is 28.5 Å². The highest BCUT2D eigenvalue weighted by Gasteiger charge is 2.21. The van der Waals surface area contributed by atoms with E-state index in [4.69, 9.17) is 0 Å². The van der Waals surface area contributed by atoms with Crippen LogP contribution in [0.2, 0.25) is 0 Å². The summed E-state index contributed by atoms with van der Waals surface area (Å²) >= 11 is 0. The molecule has 8 nitrogen and oxygen atoms in total. The van der Waals surface area contributed by atoms with Crippen molar-refractivity contribution in [2.24, 2.45) is 0 Å². The van der Waals surface area contributed by atoms with Crippen LogP contribution >= 0.6 is 0 Å². The molecule has 4 aromatic carbocycles. The second-order valence-electron chi connectivity index (χ2n) is 10.1. The predicted octanol–water partition coefficient (Wildman–Crippen LogP) is 6.54. The highest BCUT2D eigenvalue weighted by Crippen LogP contribution is 2.32. The first-order valence-electron chi connectivity index (χ1n) is 13.3. The average molecular weight is 554 g/mol. The molecule has 9 heteroatoms. The summed E-state index contributed by atoms with van der Waals surface area (Å²) in [6, 6.07) is 22.6. The van der Waals surface area contributed by atoms with E-state index in [-0.39, 0.29) is 23.2 Å². The van der Waals surface area contributed by atoms with Crippen LogP contribution in [0.5, 0.6) is 0 Å². The van der Waals surface area contributed by atoms with E-state index >= 15 is 4.39 Å². The highest BCUT2D eigenvalue weighted by atomic mass is 19.1. The van der Waals surface area contributed by atoms with Gasteiger partial charge in [0.15, 0.2) is 0 Å². The smallest absolute Gasteiger partial charge is 0.336 e. The van der Waals surface area contributed by atoms with Gasteiger partial charge in [0.05, 0.1) is 16.5 Å². The van der Waals surface area contributed by atoms with E-state index in [1.54, 1.807) is 48.5 Å². The summed E-state index contributed by atoms with van der Waals surface area (Å²) in [5.74, 6) is -1.73. The van der Waals surface area contributed by atoms with Crippen molar-refractivity contribution in [3.8, 4) is 11.1 Å². The van der Waals surface area contributed by atoms with Crippen LogP contribution in [-0.2, 0) is 13.0 Å². The molecule has 0 aromatic heterocycles. The van der Waals surface area contributed by atoms with Gasteiger partial charge in [0, 0.05) is 42.0 Å². The molecule has 5 rings (SSSR count). The number of non-ortho nitro benzene ring substituents is 1.